The molecule has 1 N–H and O–H groups in total. The van der Waals surface area contributed by atoms with Crippen molar-refractivity contribution in [2.24, 2.45) is 0 Å². The highest BCUT2D eigenvalue weighted by Crippen LogP contribution is 2.25. The minimum Gasteiger partial charge on any atom is -0.490 e. The number of amides is 2. The first-order chi connectivity index (χ1) is 13.0. The number of ether oxygens (including phenoxy) is 1. The van der Waals surface area contributed by atoms with Gasteiger partial charge in [0, 0.05) is 6.54 Å². The van der Waals surface area contributed by atoms with Gasteiger partial charge in [0.2, 0.25) is 0 Å². The minimum absolute atomic E-state index is 0.0878. The van der Waals surface area contributed by atoms with Gasteiger partial charge < -0.3 is 9.84 Å². The van der Waals surface area contributed by atoms with E-state index in [9.17, 15) is 19.1 Å². The van der Waals surface area contributed by atoms with Crippen LogP contribution in [0.3, 0.4) is 0 Å². The van der Waals surface area contributed by atoms with Gasteiger partial charge in [0.05, 0.1) is 23.8 Å². The summed E-state index contributed by atoms with van der Waals surface area (Å²) in [6.45, 7) is 2.33. The van der Waals surface area contributed by atoms with E-state index in [4.69, 9.17) is 4.74 Å². The molecular formula is C21H22FNO4. The second-order valence-electron chi connectivity index (χ2n) is 6.50. The molecule has 1 unspecified atom stereocenters. The summed E-state index contributed by atoms with van der Waals surface area (Å²) >= 11 is 0. The van der Waals surface area contributed by atoms with Crippen molar-refractivity contribution in [3.8, 4) is 5.75 Å². The molecule has 3 rings (SSSR count). The van der Waals surface area contributed by atoms with Gasteiger partial charge in [-0.3, -0.25) is 14.5 Å². The van der Waals surface area contributed by atoms with Crippen LogP contribution in [-0.4, -0.2) is 35.0 Å². The third-order valence-electron chi connectivity index (χ3n) is 4.56. The first-order valence-electron chi connectivity index (χ1n) is 9.08. The number of hydrogen-bond acceptors (Lipinski definition) is 4. The quantitative estimate of drug-likeness (QED) is 0.567. The zero-order valence-corrected chi connectivity index (χ0v) is 15.2. The molecule has 27 heavy (non-hydrogen) atoms. The molecule has 1 aliphatic heterocycles. The number of nitrogens with zero attached hydrogens (tertiary/aromatic N) is 1. The number of carbonyl (C=O) groups is 2. The van der Waals surface area contributed by atoms with Crippen molar-refractivity contribution in [1.29, 1.82) is 0 Å². The Kier molecular flexibility index (Phi) is 5.86. The first-order valence-corrected chi connectivity index (χ1v) is 9.08. The van der Waals surface area contributed by atoms with Crippen LogP contribution in [0.25, 0.3) is 0 Å². The number of aliphatic hydroxyl groups is 1. The molecule has 142 valence electrons. The van der Waals surface area contributed by atoms with Gasteiger partial charge in [0.15, 0.2) is 11.6 Å². The van der Waals surface area contributed by atoms with Crippen molar-refractivity contribution in [3.05, 3.63) is 65.0 Å². The highest BCUT2D eigenvalue weighted by molar-refractivity contribution is 6.21. The van der Waals surface area contributed by atoms with Gasteiger partial charge in [-0.15, -0.1) is 0 Å². The van der Waals surface area contributed by atoms with E-state index in [1.165, 1.54) is 17.0 Å². The van der Waals surface area contributed by atoms with Gasteiger partial charge in [-0.2, -0.15) is 0 Å². The van der Waals surface area contributed by atoms with Crippen LogP contribution in [0.1, 0.15) is 58.6 Å². The number of hydrogen-bond donors (Lipinski definition) is 1. The van der Waals surface area contributed by atoms with Crippen LogP contribution >= 0.6 is 0 Å². The lowest BCUT2D eigenvalue weighted by molar-refractivity contribution is 0.0646. The Balaban J connectivity index is 1.52. The van der Waals surface area contributed by atoms with E-state index in [2.05, 4.69) is 0 Å². The summed E-state index contributed by atoms with van der Waals surface area (Å²) in [4.78, 5) is 25.7. The maximum Gasteiger partial charge on any atom is 0.261 e. The number of carbonyl (C=O) groups excluding carboxylic acids is 2. The van der Waals surface area contributed by atoms with E-state index in [1.54, 1.807) is 30.3 Å². The van der Waals surface area contributed by atoms with Gasteiger partial charge in [0.1, 0.15) is 0 Å². The van der Waals surface area contributed by atoms with Crippen LogP contribution < -0.4 is 4.74 Å². The standard InChI is InChI=1S/C21H22FNO4/c1-2-6-18(24)14-9-10-19(17(22)13-14)27-12-5-11-23-20(25)15-7-3-4-8-16(15)21(23)26/h3-4,7-10,13,18,24H,2,5-6,11-12H2,1H3. The minimum atomic E-state index is -0.688. The van der Waals surface area contributed by atoms with Gasteiger partial charge >= 0.3 is 0 Å². The lowest BCUT2D eigenvalue weighted by atomic mass is 10.1. The van der Waals surface area contributed by atoms with Crippen LogP contribution in [-0.2, 0) is 0 Å². The predicted octanol–water partition coefficient (Wildman–Crippen LogP) is 3.72. The third-order valence-corrected chi connectivity index (χ3v) is 4.56. The molecule has 0 saturated carbocycles. The fraction of sp³-hybridized carbons (Fsp3) is 0.333. The molecule has 5 nitrogen and oxygen atoms in total. The lowest BCUT2D eigenvalue weighted by Crippen LogP contribution is -2.31. The van der Waals surface area contributed by atoms with Crippen LogP contribution in [0.15, 0.2) is 42.5 Å². The molecule has 1 aliphatic rings. The zero-order chi connectivity index (χ0) is 19.4. The van der Waals surface area contributed by atoms with Crippen molar-refractivity contribution in [3.63, 3.8) is 0 Å². The molecule has 0 fully saturated rings. The number of rotatable bonds is 8. The highest BCUT2D eigenvalue weighted by atomic mass is 19.1. The molecule has 0 aliphatic carbocycles. The highest BCUT2D eigenvalue weighted by Gasteiger charge is 2.34. The van der Waals surface area contributed by atoms with Gasteiger partial charge in [-0.1, -0.05) is 31.5 Å². The summed E-state index contributed by atoms with van der Waals surface area (Å²) < 4.78 is 19.6. The first kappa shape index (κ1) is 19.0. The maximum absolute atomic E-state index is 14.1. The second-order valence-corrected chi connectivity index (χ2v) is 6.50. The van der Waals surface area contributed by atoms with E-state index < -0.39 is 11.9 Å². The Labute approximate surface area is 157 Å². The average Bonchev–Trinajstić information content (AvgIpc) is 2.91. The largest absolute Gasteiger partial charge is 0.490 e. The summed E-state index contributed by atoms with van der Waals surface area (Å²) in [7, 11) is 0. The summed E-state index contributed by atoms with van der Waals surface area (Å²) in [5, 5.41) is 9.92. The number of benzene rings is 2. The molecule has 0 saturated heterocycles. The van der Waals surface area contributed by atoms with Crippen molar-refractivity contribution in [2.45, 2.75) is 32.3 Å². The lowest BCUT2D eigenvalue weighted by Gasteiger charge is -2.15. The molecule has 0 aromatic heterocycles. The third kappa shape index (κ3) is 4.01. The van der Waals surface area contributed by atoms with Gasteiger partial charge in [0.25, 0.3) is 11.8 Å². The number of aliphatic hydroxyl groups excluding tert-OH is 1. The Bertz CT molecular complexity index is 817. The molecule has 2 aromatic rings. The summed E-state index contributed by atoms with van der Waals surface area (Å²) in [5.41, 5.74) is 1.35. The Morgan fingerprint density at radius 1 is 1.11 bits per heavy atom. The summed E-state index contributed by atoms with van der Waals surface area (Å²) in [6, 6.07) is 11.1. The smallest absolute Gasteiger partial charge is 0.261 e. The Morgan fingerprint density at radius 2 is 1.78 bits per heavy atom. The van der Waals surface area contributed by atoms with Gasteiger partial charge in [-0.25, -0.2) is 4.39 Å². The number of fused-ring (bicyclic) bond motifs is 1. The van der Waals surface area contributed by atoms with E-state index in [1.807, 2.05) is 6.92 Å². The average molecular weight is 371 g/mol. The molecule has 2 amide bonds. The fourth-order valence-corrected chi connectivity index (χ4v) is 3.13. The van der Waals surface area contributed by atoms with Crippen LogP contribution in [0.4, 0.5) is 4.39 Å². The molecule has 0 spiro atoms. The SMILES string of the molecule is CCCC(O)c1ccc(OCCCN2C(=O)c3ccccc3C2=O)c(F)c1. The zero-order valence-electron chi connectivity index (χ0n) is 15.2. The van der Waals surface area contributed by atoms with Gasteiger partial charge in [-0.05, 0) is 42.7 Å². The number of halogens is 1. The van der Waals surface area contributed by atoms with E-state index >= 15 is 0 Å². The maximum atomic E-state index is 14.1. The Morgan fingerprint density at radius 3 is 2.37 bits per heavy atom. The van der Waals surface area contributed by atoms with E-state index in [-0.39, 0.29) is 30.7 Å². The van der Waals surface area contributed by atoms with E-state index in [0.717, 1.165) is 6.42 Å². The van der Waals surface area contributed by atoms with Crippen LogP contribution in [0.2, 0.25) is 0 Å². The van der Waals surface area contributed by atoms with Crippen molar-refractivity contribution >= 4 is 11.8 Å². The normalized spacial score (nSPS) is 14.4. The Hall–Kier alpha value is -2.73. The molecule has 6 heteroatoms. The summed E-state index contributed by atoms with van der Waals surface area (Å²) in [6.07, 6.45) is 1.08. The second kappa shape index (κ2) is 8.31. The topological polar surface area (TPSA) is 66.8 Å². The fourth-order valence-electron chi connectivity index (χ4n) is 3.13. The van der Waals surface area contributed by atoms with Crippen LogP contribution in [0.5, 0.6) is 5.75 Å². The van der Waals surface area contributed by atoms with Crippen molar-refractivity contribution < 1.29 is 23.8 Å². The molecule has 2 aromatic carbocycles. The molecule has 1 atom stereocenters. The molecular weight excluding hydrogens is 349 g/mol. The van der Waals surface area contributed by atoms with Crippen molar-refractivity contribution in [1.82, 2.24) is 4.90 Å². The van der Waals surface area contributed by atoms with Crippen molar-refractivity contribution in [2.75, 3.05) is 13.2 Å². The van der Waals surface area contributed by atoms with E-state index in [0.29, 0.717) is 29.5 Å². The number of imide groups is 1. The summed E-state index contributed by atoms with van der Waals surface area (Å²) in [5.74, 6) is -1.07. The molecule has 1 heterocycles. The molecule has 0 bridgehead atoms. The molecule has 0 radical (unpaired) electrons. The predicted molar refractivity (Wildman–Crippen MR) is 98.2 cm³/mol. The van der Waals surface area contributed by atoms with Crippen LogP contribution in [0, 0.1) is 5.82 Å². The monoisotopic (exact) mass is 371 g/mol.